The van der Waals surface area contributed by atoms with Crippen molar-refractivity contribution in [3.63, 3.8) is 0 Å². The molecular weight excluding hydrogens is 292 g/mol. The van der Waals surface area contributed by atoms with Crippen LogP contribution in [0.4, 0.5) is 5.69 Å². The summed E-state index contributed by atoms with van der Waals surface area (Å²) in [5.74, 6) is -0.325. The fourth-order valence-electron chi connectivity index (χ4n) is 2.54. The molecule has 1 amide bonds. The number of aryl methyl sites for hydroxylation is 2. The minimum Gasteiger partial charge on any atom is -0.408 e. The van der Waals surface area contributed by atoms with E-state index in [-0.39, 0.29) is 11.7 Å². The fourth-order valence-corrected chi connectivity index (χ4v) is 2.54. The normalized spacial score (nSPS) is 10.9. The highest BCUT2D eigenvalue weighted by atomic mass is 16.4. The Kier molecular flexibility index (Phi) is 4.02. The van der Waals surface area contributed by atoms with E-state index < -0.39 is 0 Å². The summed E-state index contributed by atoms with van der Waals surface area (Å²) in [5.41, 5.74) is 3.19. The first-order valence-electron chi connectivity index (χ1n) is 7.46. The number of benzene rings is 2. The molecule has 2 aromatic carbocycles. The molecule has 5 nitrogen and oxygen atoms in total. The second-order valence-electron chi connectivity index (χ2n) is 5.52. The number of carbonyl (C=O) groups is 1. The molecular formula is C18H18N2O3. The van der Waals surface area contributed by atoms with Crippen molar-refractivity contribution in [3.05, 3.63) is 64.6 Å². The minimum absolute atomic E-state index is 0.0531. The number of para-hydroxylation sites is 1. The van der Waals surface area contributed by atoms with Gasteiger partial charge in [-0.25, -0.2) is 4.79 Å². The van der Waals surface area contributed by atoms with Gasteiger partial charge in [0.2, 0.25) is 5.91 Å². The van der Waals surface area contributed by atoms with Gasteiger partial charge >= 0.3 is 5.76 Å². The summed E-state index contributed by atoms with van der Waals surface area (Å²) >= 11 is 0. The van der Waals surface area contributed by atoms with Gasteiger partial charge in [0.15, 0.2) is 5.58 Å². The molecule has 0 saturated carbocycles. The van der Waals surface area contributed by atoms with Crippen LogP contribution in [0.3, 0.4) is 0 Å². The first-order valence-corrected chi connectivity index (χ1v) is 7.46. The van der Waals surface area contributed by atoms with Crippen molar-refractivity contribution in [2.45, 2.75) is 12.8 Å². The number of hydrogen-bond donors (Lipinski definition) is 0. The Morgan fingerprint density at radius 3 is 2.65 bits per heavy atom. The largest absolute Gasteiger partial charge is 0.419 e. The van der Waals surface area contributed by atoms with E-state index in [4.69, 9.17) is 4.42 Å². The van der Waals surface area contributed by atoms with Crippen molar-refractivity contribution < 1.29 is 9.21 Å². The maximum atomic E-state index is 12.3. The van der Waals surface area contributed by atoms with Crippen LogP contribution in [0.2, 0.25) is 0 Å². The summed E-state index contributed by atoms with van der Waals surface area (Å²) < 4.78 is 6.58. The first-order chi connectivity index (χ1) is 11.1. The quantitative estimate of drug-likeness (QED) is 0.744. The lowest BCUT2D eigenvalue weighted by Crippen LogP contribution is -2.26. The molecule has 0 atom stereocenters. The van der Waals surface area contributed by atoms with Crippen molar-refractivity contribution in [3.8, 4) is 0 Å². The number of aromatic nitrogens is 1. The highest BCUT2D eigenvalue weighted by Gasteiger charge is 2.12. The third kappa shape index (κ3) is 3.04. The number of fused-ring (bicyclic) bond motifs is 1. The molecule has 0 aliphatic carbocycles. The average molecular weight is 310 g/mol. The molecule has 0 unspecified atom stereocenters. The molecule has 5 heteroatoms. The highest BCUT2D eigenvalue weighted by Crippen LogP contribution is 2.17. The molecule has 0 aliphatic heterocycles. The van der Waals surface area contributed by atoms with Crippen molar-refractivity contribution in [1.82, 2.24) is 4.57 Å². The van der Waals surface area contributed by atoms with Crippen LogP contribution in [0.5, 0.6) is 0 Å². The van der Waals surface area contributed by atoms with Crippen molar-refractivity contribution in [2.24, 2.45) is 7.05 Å². The van der Waals surface area contributed by atoms with Gasteiger partial charge in [0, 0.05) is 26.2 Å². The minimum atomic E-state index is -0.378. The summed E-state index contributed by atoms with van der Waals surface area (Å²) in [6, 6.07) is 15.1. The Morgan fingerprint density at radius 1 is 1.17 bits per heavy atom. The van der Waals surface area contributed by atoms with Crippen molar-refractivity contribution in [1.29, 1.82) is 0 Å². The molecule has 23 heavy (non-hydrogen) atoms. The van der Waals surface area contributed by atoms with Crippen LogP contribution < -0.4 is 10.7 Å². The molecule has 0 aliphatic rings. The molecule has 0 radical (unpaired) electrons. The fraction of sp³-hybridized carbons (Fsp3) is 0.222. The first kappa shape index (κ1) is 15.1. The van der Waals surface area contributed by atoms with Gasteiger partial charge in [0.25, 0.3) is 0 Å². The van der Waals surface area contributed by atoms with Crippen LogP contribution in [0.25, 0.3) is 11.1 Å². The van der Waals surface area contributed by atoms with E-state index in [1.165, 1.54) is 4.57 Å². The zero-order chi connectivity index (χ0) is 16.4. The lowest BCUT2D eigenvalue weighted by molar-refractivity contribution is -0.118. The molecule has 1 aromatic heterocycles. The van der Waals surface area contributed by atoms with Crippen LogP contribution in [0, 0.1) is 0 Å². The molecule has 0 bridgehead atoms. The third-order valence-electron chi connectivity index (χ3n) is 4.00. The summed E-state index contributed by atoms with van der Waals surface area (Å²) in [6.45, 7) is 0. The molecule has 0 fully saturated rings. The number of oxazole rings is 1. The average Bonchev–Trinajstić information content (AvgIpc) is 2.87. The predicted molar refractivity (Wildman–Crippen MR) is 89.6 cm³/mol. The second-order valence-corrected chi connectivity index (χ2v) is 5.52. The zero-order valence-corrected chi connectivity index (χ0v) is 13.2. The van der Waals surface area contributed by atoms with Crippen LogP contribution in [0.1, 0.15) is 12.0 Å². The SMILES string of the molecule is CN(C(=O)CCc1ccc2oc(=O)n(C)c2c1)c1ccccc1. The number of hydrogen-bond acceptors (Lipinski definition) is 3. The van der Waals surface area contributed by atoms with E-state index in [2.05, 4.69) is 0 Å². The maximum absolute atomic E-state index is 12.3. The molecule has 118 valence electrons. The topological polar surface area (TPSA) is 55.5 Å². The van der Waals surface area contributed by atoms with E-state index in [0.717, 1.165) is 16.8 Å². The van der Waals surface area contributed by atoms with Crippen molar-refractivity contribution in [2.75, 3.05) is 11.9 Å². The Hall–Kier alpha value is -2.82. The van der Waals surface area contributed by atoms with E-state index >= 15 is 0 Å². The number of nitrogens with zero attached hydrogens (tertiary/aromatic N) is 2. The molecule has 0 spiro atoms. The van der Waals surface area contributed by atoms with E-state index in [9.17, 15) is 9.59 Å². The zero-order valence-electron chi connectivity index (χ0n) is 13.2. The molecule has 3 aromatic rings. The highest BCUT2D eigenvalue weighted by molar-refractivity contribution is 5.92. The third-order valence-corrected chi connectivity index (χ3v) is 4.00. The smallest absolute Gasteiger partial charge is 0.408 e. The van der Waals surface area contributed by atoms with E-state index in [1.54, 1.807) is 25.1 Å². The molecule has 1 heterocycles. The molecule has 0 N–H and O–H groups in total. The van der Waals surface area contributed by atoms with E-state index in [0.29, 0.717) is 18.4 Å². The van der Waals surface area contributed by atoms with Crippen LogP contribution in [-0.4, -0.2) is 17.5 Å². The van der Waals surface area contributed by atoms with Gasteiger partial charge in [0.1, 0.15) is 0 Å². The van der Waals surface area contributed by atoms with Gasteiger partial charge in [-0.2, -0.15) is 0 Å². The number of amides is 1. The summed E-state index contributed by atoms with van der Waals surface area (Å²) in [7, 11) is 3.45. The van der Waals surface area contributed by atoms with Gasteiger partial charge < -0.3 is 9.32 Å². The van der Waals surface area contributed by atoms with Gasteiger partial charge in [-0.3, -0.25) is 9.36 Å². The van der Waals surface area contributed by atoms with E-state index in [1.807, 2.05) is 42.5 Å². The maximum Gasteiger partial charge on any atom is 0.419 e. The molecule has 3 rings (SSSR count). The van der Waals surface area contributed by atoms with Gasteiger partial charge in [-0.05, 0) is 36.2 Å². The van der Waals surface area contributed by atoms with Crippen LogP contribution in [-0.2, 0) is 18.3 Å². The number of rotatable bonds is 4. The Morgan fingerprint density at radius 2 is 1.91 bits per heavy atom. The summed E-state index contributed by atoms with van der Waals surface area (Å²) in [4.78, 5) is 25.5. The lowest BCUT2D eigenvalue weighted by Gasteiger charge is -2.17. The number of anilines is 1. The Bertz CT molecular complexity index is 894. The lowest BCUT2D eigenvalue weighted by atomic mass is 10.1. The van der Waals surface area contributed by atoms with Crippen LogP contribution >= 0.6 is 0 Å². The Balaban J connectivity index is 1.71. The van der Waals surface area contributed by atoms with Gasteiger partial charge in [-0.15, -0.1) is 0 Å². The standard InChI is InChI=1S/C18H18N2O3/c1-19(14-6-4-3-5-7-14)17(21)11-9-13-8-10-16-15(12-13)20(2)18(22)23-16/h3-8,10,12H,9,11H2,1-2H3. The summed E-state index contributed by atoms with van der Waals surface area (Å²) in [5, 5.41) is 0. The monoisotopic (exact) mass is 310 g/mol. The molecule has 0 saturated heterocycles. The second kappa shape index (κ2) is 6.12. The van der Waals surface area contributed by atoms with Crippen molar-refractivity contribution >= 4 is 22.7 Å². The number of carbonyl (C=O) groups excluding carboxylic acids is 1. The predicted octanol–water partition coefficient (Wildman–Crippen LogP) is 2.73. The Labute approximate surface area is 133 Å². The van der Waals surface area contributed by atoms with Gasteiger partial charge in [0.05, 0.1) is 5.52 Å². The summed E-state index contributed by atoms with van der Waals surface area (Å²) in [6.07, 6.45) is 1.02. The van der Waals surface area contributed by atoms with Crippen LogP contribution in [0.15, 0.2) is 57.7 Å². The van der Waals surface area contributed by atoms with Gasteiger partial charge in [-0.1, -0.05) is 24.3 Å².